The molecule has 1 aromatic heterocycles. The second-order valence-electron chi connectivity index (χ2n) is 3.88. The molecule has 96 valence electrons. The van der Waals surface area contributed by atoms with Crippen molar-refractivity contribution >= 4 is 11.5 Å². The molecule has 0 aliphatic rings. The molecule has 1 aromatic carbocycles. The number of halogens is 2. The highest BCUT2D eigenvalue weighted by Crippen LogP contribution is 2.25. The van der Waals surface area contributed by atoms with Gasteiger partial charge in [0.15, 0.2) is 0 Å². The van der Waals surface area contributed by atoms with E-state index in [0.717, 1.165) is 23.9 Å². The predicted octanol–water partition coefficient (Wildman–Crippen LogP) is 2.98. The Bertz CT molecular complexity index is 508. The fourth-order valence-corrected chi connectivity index (χ4v) is 2.25. The molecular weight excluding hydrogens is 256 g/mol. The van der Waals surface area contributed by atoms with E-state index in [1.165, 1.54) is 23.7 Å². The van der Waals surface area contributed by atoms with Crippen molar-refractivity contribution in [3.8, 4) is 11.3 Å². The van der Waals surface area contributed by atoms with E-state index in [1.807, 2.05) is 0 Å². The van der Waals surface area contributed by atoms with Crippen molar-refractivity contribution in [1.29, 1.82) is 0 Å². The van der Waals surface area contributed by atoms with Crippen LogP contribution >= 0.6 is 11.5 Å². The Morgan fingerprint density at radius 3 is 2.61 bits per heavy atom. The maximum Gasteiger partial charge on any atom is 0.126 e. The molecule has 18 heavy (non-hydrogen) atoms. The third kappa shape index (κ3) is 3.08. The first kappa shape index (κ1) is 13.0. The summed E-state index contributed by atoms with van der Waals surface area (Å²) in [5.74, 6) is -1.21. The predicted molar refractivity (Wildman–Crippen MR) is 67.3 cm³/mol. The van der Waals surface area contributed by atoms with Gasteiger partial charge in [-0.3, -0.25) is 0 Å². The standard InChI is InChI=1S/C12H13F2N3S/c1-2-3-15-7-11-12(16-17-18-11)8-4-9(13)6-10(14)5-8/h4-6,15H,2-3,7H2,1H3. The van der Waals surface area contributed by atoms with Gasteiger partial charge in [-0.2, -0.15) is 0 Å². The Balaban J connectivity index is 2.24. The van der Waals surface area contributed by atoms with Gasteiger partial charge >= 0.3 is 0 Å². The Kier molecular flexibility index (Phi) is 4.33. The first-order valence-electron chi connectivity index (χ1n) is 5.69. The molecule has 6 heteroatoms. The van der Waals surface area contributed by atoms with Gasteiger partial charge < -0.3 is 5.32 Å². The lowest BCUT2D eigenvalue weighted by Gasteiger charge is -2.03. The van der Waals surface area contributed by atoms with E-state index in [4.69, 9.17) is 0 Å². The van der Waals surface area contributed by atoms with E-state index in [1.54, 1.807) is 0 Å². The second kappa shape index (κ2) is 5.97. The summed E-state index contributed by atoms with van der Waals surface area (Å²) < 4.78 is 30.2. The van der Waals surface area contributed by atoms with Crippen LogP contribution in [0.15, 0.2) is 18.2 Å². The SMILES string of the molecule is CCCNCc1snnc1-c1cc(F)cc(F)c1. The van der Waals surface area contributed by atoms with Crippen molar-refractivity contribution in [1.82, 2.24) is 14.9 Å². The van der Waals surface area contributed by atoms with Crippen LogP contribution in [0.4, 0.5) is 8.78 Å². The first-order chi connectivity index (χ1) is 8.70. The summed E-state index contributed by atoms with van der Waals surface area (Å²) in [4.78, 5) is 0.883. The number of nitrogens with zero attached hydrogens (tertiary/aromatic N) is 2. The zero-order valence-electron chi connectivity index (χ0n) is 9.91. The lowest BCUT2D eigenvalue weighted by Crippen LogP contribution is -2.13. The van der Waals surface area contributed by atoms with Crippen LogP contribution in [0.1, 0.15) is 18.2 Å². The summed E-state index contributed by atoms with van der Waals surface area (Å²) in [5.41, 5.74) is 0.969. The third-order valence-electron chi connectivity index (χ3n) is 2.40. The van der Waals surface area contributed by atoms with Crippen LogP contribution in [-0.4, -0.2) is 16.1 Å². The van der Waals surface area contributed by atoms with Crippen LogP contribution in [0.25, 0.3) is 11.3 Å². The van der Waals surface area contributed by atoms with Crippen molar-refractivity contribution < 1.29 is 8.78 Å². The van der Waals surface area contributed by atoms with Crippen LogP contribution in [0, 0.1) is 11.6 Å². The number of hydrogen-bond acceptors (Lipinski definition) is 4. The van der Waals surface area contributed by atoms with Crippen molar-refractivity contribution in [3.05, 3.63) is 34.7 Å². The van der Waals surface area contributed by atoms with Crippen LogP contribution in [0.2, 0.25) is 0 Å². The smallest absolute Gasteiger partial charge is 0.126 e. The molecule has 2 aromatic rings. The zero-order chi connectivity index (χ0) is 13.0. The lowest BCUT2D eigenvalue weighted by molar-refractivity contribution is 0.584. The summed E-state index contributed by atoms with van der Waals surface area (Å²) in [6, 6.07) is 3.38. The third-order valence-corrected chi connectivity index (χ3v) is 3.13. The normalized spacial score (nSPS) is 10.8. The average molecular weight is 269 g/mol. The quantitative estimate of drug-likeness (QED) is 0.848. The summed E-state index contributed by atoms with van der Waals surface area (Å²) in [6.45, 7) is 3.56. The van der Waals surface area contributed by atoms with Crippen molar-refractivity contribution in [2.75, 3.05) is 6.54 Å². The van der Waals surface area contributed by atoms with Gasteiger partial charge in [0.25, 0.3) is 0 Å². The van der Waals surface area contributed by atoms with E-state index < -0.39 is 11.6 Å². The van der Waals surface area contributed by atoms with E-state index in [-0.39, 0.29) is 0 Å². The number of benzene rings is 1. The summed E-state index contributed by atoms with van der Waals surface area (Å²) in [6.07, 6.45) is 1.02. The molecule has 0 bridgehead atoms. The van der Waals surface area contributed by atoms with Gasteiger partial charge in [-0.1, -0.05) is 11.4 Å². The summed E-state index contributed by atoms with van der Waals surface area (Å²) in [5, 5.41) is 7.16. The van der Waals surface area contributed by atoms with E-state index in [2.05, 4.69) is 21.8 Å². The van der Waals surface area contributed by atoms with Crippen LogP contribution in [0.5, 0.6) is 0 Å². The van der Waals surface area contributed by atoms with Gasteiger partial charge in [0.05, 0.1) is 4.88 Å². The minimum atomic E-state index is -0.606. The van der Waals surface area contributed by atoms with Crippen LogP contribution in [0.3, 0.4) is 0 Å². The molecule has 0 unspecified atom stereocenters. The lowest BCUT2D eigenvalue weighted by atomic mass is 10.1. The average Bonchev–Trinajstić information content (AvgIpc) is 2.76. The monoisotopic (exact) mass is 269 g/mol. The van der Waals surface area contributed by atoms with Crippen molar-refractivity contribution in [2.24, 2.45) is 0 Å². The van der Waals surface area contributed by atoms with Gasteiger partial charge in [0, 0.05) is 18.2 Å². The topological polar surface area (TPSA) is 37.8 Å². The first-order valence-corrected chi connectivity index (χ1v) is 6.46. The molecule has 0 saturated heterocycles. The molecule has 0 atom stereocenters. The Labute approximate surface area is 108 Å². The second-order valence-corrected chi connectivity index (χ2v) is 4.72. The molecule has 2 rings (SSSR count). The maximum atomic E-state index is 13.2. The van der Waals surface area contributed by atoms with Crippen molar-refractivity contribution in [3.63, 3.8) is 0 Å². The Morgan fingerprint density at radius 2 is 1.94 bits per heavy atom. The van der Waals surface area contributed by atoms with E-state index in [0.29, 0.717) is 17.8 Å². The molecule has 1 heterocycles. The maximum absolute atomic E-state index is 13.2. The molecule has 0 aliphatic heterocycles. The van der Waals surface area contributed by atoms with Crippen molar-refractivity contribution in [2.45, 2.75) is 19.9 Å². The highest BCUT2D eigenvalue weighted by molar-refractivity contribution is 7.05. The van der Waals surface area contributed by atoms with E-state index in [9.17, 15) is 8.78 Å². The number of nitrogens with one attached hydrogen (secondary N) is 1. The van der Waals surface area contributed by atoms with Gasteiger partial charge in [-0.25, -0.2) is 8.78 Å². The zero-order valence-corrected chi connectivity index (χ0v) is 10.7. The van der Waals surface area contributed by atoms with Gasteiger partial charge in [0.1, 0.15) is 17.3 Å². The Morgan fingerprint density at radius 1 is 1.22 bits per heavy atom. The Hall–Kier alpha value is -1.40. The molecule has 0 amide bonds. The molecule has 0 radical (unpaired) electrons. The summed E-state index contributed by atoms with van der Waals surface area (Å²) in [7, 11) is 0. The number of rotatable bonds is 5. The molecule has 1 N–H and O–H groups in total. The minimum absolute atomic E-state index is 0.426. The van der Waals surface area contributed by atoms with Gasteiger partial charge in [-0.15, -0.1) is 5.10 Å². The number of aromatic nitrogens is 2. The van der Waals surface area contributed by atoms with Crippen LogP contribution < -0.4 is 5.32 Å². The molecule has 3 nitrogen and oxygen atoms in total. The number of hydrogen-bond donors (Lipinski definition) is 1. The van der Waals surface area contributed by atoms with E-state index >= 15 is 0 Å². The highest BCUT2D eigenvalue weighted by Gasteiger charge is 2.12. The molecule has 0 aliphatic carbocycles. The summed E-state index contributed by atoms with van der Waals surface area (Å²) >= 11 is 1.24. The highest BCUT2D eigenvalue weighted by atomic mass is 32.1. The molecule has 0 spiro atoms. The molecule has 0 saturated carbocycles. The van der Waals surface area contributed by atoms with Gasteiger partial charge in [-0.05, 0) is 36.6 Å². The molecular formula is C12H13F2N3S. The fraction of sp³-hybridized carbons (Fsp3) is 0.333. The van der Waals surface area contributed by atoms with Gasteiger partial charge in [0.2, 0.25) is 0 Å². The largest absolute Gasteiger partial charge is 0.312 e. The van der Waals surface area contributed by atoms with Crippen LogP contribution in [-0.2, 0) is 6.54 Å². The molecule has 0 fully saturated rings. The fourth-order valence-electron chi connectivity index (χ4n) is 1.61. The minimum Gasteiger partial charge on any atom is -0.312 e.